The van der Waals surface area contributed by atoms with Crippen LogP contribution in [0.3, 0.4) is 0 Å². The molecule has 0 spiro atoms. The van der Waals surface area contributed by atoms with Crippen LogP contribution in [0.1, 0.15) is 11.1 Å². The second kappa shape index (κ2) is 8.96. The van der Waals surface area contributed by atoms with E-state index in [1.54, 1.807) is 0 Å². The third-order valence-electron chi connectivity index (χ3n) is 5.03. The summed E-state index contributed by atoms with van der Waals surface area (Å²) in [6, 6.07) is 26.2. The smallest absolute Gasteiger partial charge is 0.204 e. The molecule has 0 aliphatic heterocycles. The Morgan fingerprint density at radius 2 is 1.60 bits per heavy atom. The van der Waals surface area contributed by atoms with Crippen molar-refractivity contribution >= 4 is 23.8 Å². The van der Waals surface area contributed by atoms with Gasteiger partial charge in [0.2, 0.25) is 4.77 Å². The molecule has 30 heavy (non-hydrogen) atoms. The molecule has 0 atom stereocenters. The lowest BCUT2D eigenvalue weighted by molar-refractivity contribution is 0.244. The molecular weight excluding hydrogens is 412 g/mol. The van der Waals surface area contributed by atoms with Gasteiger partial charge in [-0.3, -0.25) is 9.47 Å². The minimum Gasteiger partial charge on any atom is -0.283 e. The van der Waals surface area contributed by atoms with Crippen LogP contribution in [0.2, 0.25) is 5.02 Å². The highest BCUT2D eigenvalue weighted by atomic mass is 35.5. The van der Waals surface area contributed by atoms with Gasteiger partial charge in [-0.05, 0) is 73.7 Å². The summed E-state index contributed by atoms with van der Waals surface area (Å²) in [5, 5.41) is 5.58. The van der Waals surface area contributed by atoms with E-state index in [0.29, 0.717) is 16.5 Å². The molecule has 0 fully saturated rings. The van der Waals surface area contributed by atoms with Gasteiger partial charge < -0.3 is 0 Å². The highest BCUT2D eigenvalue weighted by Gasteiger charge is 2.15. The Kier molecular flexibility index (Phi) is 6.13. The summed E-state index contributed by atoms with van der Waals surface area (Å²) in [7, 11) is 2.08. The van der Waals surface area contributed by atoms with Gasteiger partial charge in [0.1, 0.15) is 0 Å². The molecule has 1 heterocycles. The van der Waals surface area contributed by atoms with Gasteiger partial charge >= 0.3 is 0 Å². The van der Waals surface area contributed by atoms with Crippen molar-refractivity contribution in [3.8, 4) is 17.1 Å². The van der Waals surface area contributed by atoms with E-state index in [1.165, 1.54) is 11.1 Å². The first-order valence-electron chi connectivity index (χ1n) is 9.77. The lowest BCUT2D eigenvalue weighted by atomic mass is 10.1. The van der Waals surface area contributed by atoms with E-state index in [1.807, 2.05) is 63.8 Å². The summed E-state index contributed by atoms with van der Waals surface area (Å²) in [6.07, 6.45) is 0. The van der Waals surface area contributed by atoms with Gasteiger partial charge in [0.25, 0.3) is 0 Å². The maximum Gasteiger partial charge on any atom is 0.204 e. The molecule has 1 aromatic heterocycles. The molecule has 0 saturated carbocycles. The zero-order chi connectivity index (χ0) is 21.1. The normalized spacial score (nSPS) is 11.2. The van der Waals surface area contributed by atoms with Gasteiger partial charge in [0.15, 0.2) is 5.82 Å². The van der Waals surface area contributed by atoms with Gasteiger partial charge in [0, 0.05) is 22.8 Å². The fourth-order valence-electron chi connectivity index (χ4n) is 3.45. The third kappa shape index (κ3) is 4.38. The van der Waals surface area contributed by atoms with Crippen molar-refractivity contribution in [2.45, 2.75) is 20.1 Å². The topological polar surface area (TPSA) is 26.0 Å². The van der Waals surface area contributed by atoms with E-state index in [4.69, 9.17) is 28.9 Å². The third-order valence-corrected chi connectivity index (χ3v) is 5.68. The largest absolute Gasteiger partial charge is 0.283 e. The van der Waals surface area contributed by atoms with E-state index in [0.717, 1.165) is 23.6 Å². The second-order valence-corrected chi connectivity index (χ2v) is 8.17. The quantitative estimate of drug-likeness (QED) is 0.342. The molecule has 0 amide bonds. The number of aryl methyl sites for hydroxylation is 1. The van der Waals surface area contributed by atoms with Crippen molar-refractivity contribution in [1.82, 2.24) is 19.2 Å². The van der Waals surface area contributed by atoms with Crippen LogP contribution in [0.25, 0.3) is 17.1 Å². The summed E-state index contributed by atoms with van der Waals surface area (Å²) >= 11 is 11.9. The average Bonchev–Trinajstić information content (AvgIpc) is 3.07. The van der Waals surface area contributed by atoms with Gasteiger partial charge in [-0.25, -0.2) is 4.68 Å². The van der Waals surface area contributed by atoms with E-state index in [2.05, 4.69) is 43.1 Å². The average molecular weight is 435 g/mol. The van der Waals surface area contributed by atoms with Crippen molar-refractivity contribution in [3.63, 3.8) is 0 Å². The molecule has 152 valence electrons. The maximum absolute atomic E-state index is 6.09. The highest BCUT2D eigenvalue weighted by molar-refractivity contribution is 7.71. The molecular formula is C24H23ClN4S. The fraction of sp³-hybridized carbons (Fsp3) is 0.167. The Bertz CT molecular complexity index is 1200. The lowest BCUT2D eigenvalue weighted by Gasteiger charge is -2.17. The molecule has 4 aromatic rings. The summed E-state index contributed by atoms with van der Waals surface area (Å²) in [5.41, 5.74) is 4.53. The monoisotopic (exact) mass is 434 g/mol. The van der Waals surface area contributed by atoms with Gasteiger partial charge in [0.05, 0.1) is 6.67 Å². The molecule has 4 nitrogen and oxygen atoms in total. The number of benzene rings is 3. The van der Waals surface area contributed by atoms with Crippen molar-refractivity contribution < 1.29 is 0 Å². The van der Waals surface area contributed by atoms with Gasteiger partial charge in [-0.2, -0.15) is 0 Å². The van der Waals surface area contributed by atoms with Crippen molar-refractivity contribution in [1.29, 1.82) is 0 Å². The Morgan fingerprint density at radius 3 is 2.30 bits per heavy atom. The number of hydrogen-bond donors (Lipinski definition) is 0. The number of nitrogens with zero attached hydrogens (tertiary/aromatic N) is 4. The predicted octanol–water partition coefficient (Wildman–Crippen LogP) is 6.12. The number of para-hydroxylation sites is 1. The molecule has 0 N–H and O–H groups in total. The van der Waals surface area contributed by atoms with Crippen LogP contribution in [0, 0.1) is 11.7 Å². The first kappa shape index (κ1) is 20.5. The first-order chi connectivity index (χ1) is 14.5. The number of aromatic nitrogens is 3. The van der Waals surface area contributed by atoms with Gasteiger partial charge in [-0.15, -0.1) is 5.10 Å². The summed E-state index contributed by atoms with van der Waals surface area (Å²) in [5.74, 6) is 0.798. The molecule has 0 aliphatic rings. The van der Waals surface area contributed by atoms with Crippen LogP contribution in [0.15, 0.2) is 78.9 Å². The number of halogens is 1. The van der Waals surface area contributed by atoms with Crippen LogP contribution in [-0.4, -0.2) is 26.3 Å². The maximum atomic E-state index is 6.09. The Balaban J connectivity index is 1.71. The fourth-order valence-corrected chi connectivity index (χ4v) is 3.87. The van der Waals surface area contributed by atoms with Crippen molar-refractivity contribution in [2.75, 3.05) is 7.05 Å². The minimum absolute atomic E-state index is 0.591. The van der Waals surface area contributed by atoms with Crippen LogP contribution in [0.4, 0.5) is 0 Å². The van der Waals surface area contributed by atoms with Crippen LogP contribution in [0.5, 0.6) is 0 Å². The molecule has 0 aliphatic carbocycles. The zero-order valence-electron chi connectivity index (χ0n) is 17.0. The van der Waals surface area contributed by atoms with Crippen LogP contribution < -0.4 is 0 Å². The van der Waals surface area contributed by atoms with Crippen LogP contribution >= 0.6 is 23.8 Å². The number of hydrogen-bond acceptors (Lipinski definition) is 3. The van der Waals surface area contributed by atoms with E-state index in [-0.39, 0.29) is 0 Å². The lowest BCUT2D eigenvalue weighted by Crippen LogP contribution is -2.23. The van der Waals surface area contributed by atoms with Crippen molar-refractivity contribution in [2.24, 2.45) is 0 Å². The Hall–Kier alpha value is -2.73. The predicted molar refractivity (Wildman–Crippen MR) is 125 cm³/mol. The zero-order valence-corrected chi connectivity index (χ0v) is 18.6. The molecule has 0 unspecified atom stereocenters. The highest BCUT2D eigenvalue weighted by Crippen LogP contribution is 2.24. The summed E-state index contributed by atoms with van der Waals surface area (Å²) in [6.45, 7) is 3.55. The molecule has 0 saturated heterocycles. The van der Waals surface area contributed by atoms with E-state index >= 15 is 0 Å². The van der Waals surface area contributed by atoms with E-state index in [9.17, 15) is 0 Å². The molecule has 0 bridgehead atoms. The summed E-state index contributed by atoms with van der Waals surface area (Å²) < 4.78 is 4.55. The van der Waals surface area contributed by atoms with Gasteiger partial charge in [-0.1, -0.05) is 54.1 Å². The van der Waals surface area contributed by atoms with E-state index < -0.39 is 0 Å². The number of rotatable bonds is 6. The summed E-state index contributed by atoms with van der Waals surface area (Å²) in [4.78, 5) is 2.21. The minimum atomic E-state index is 0.591. The second-order valence-electron chi connectivity index (χ2n) is 7.37. The van der Waals surface area contributed by atoms with Crippen molar-refractivity contribution in [3.05, 3.63) is 99.8 Å². The molecule has 4 rings (SSSR count). The Labute approximate surface area is 187 Å². The first-order valence-corrected chi connectivity index (χ1v) is 10.6. The Morgan fingerprint density at radius 1 is 0.933 bits per heavy atom. The standard InChI is InChI=1S/C24H23ClN4S/c1-18-8-6-7-9-20(18)16-27(2)17-28-24(30)29(22-10-4-3-5-11-22)23(26-28)19-12-14-21(25)15-13-19/h3-15H,16-17H2,1-2H3. The molecule has 0 radical (unpaired) electrons. The van der Waals surface area contributed by atoms with Crippen LogP contribution in [-0.2, 0) is 13.2 Å². The molecule has 6 heteroatoms. The molecule has 3 aromatic carbocycles. The SMILES string of the molecule is Cc1ccccc1CN(C)Cn1nc(-c2ccc(Cl)cc2)n(-c2ccccc2)c1=S.